The Balaban J connectivity index is 1.52. The molecule has 1 saturated heterocycles. The third-order valence-electron chi connectivity index (χ3n) is 5.12. The van der Waals surface area contributed by atoms with Crippen molar-refractivity contribution >= 4 is 35.1 Å². The SMILES string of the molecule is C=N/C=C(\N=C(/C)c1ccc2cnc(NC(=O)C3CC3)cc2n1)NCC1(F)CNC1. The fraction of sp³-hybridized carbons (Fsp3) is 0.381. The Morgan fingerprint density at radius 1 is 1.43 bits per heavy atom. The van der Waals surface area contributed by atoms with E-state index in [1.165, 1.54) is 6.20 Å². The molecule has 1 saturated carbocycles. The highest BCUT2D eigenvalue weighted by Crippen LogP contribution is 2.30. The maximum Gasteiger partial charge on any atom is 0.228 e. The van der Waals surface area contributed by atoms with E-state index in [-0.39, 0.29) is 18.4 Å². The van der Waals surface area contributed by atoms with Crippen molar-refractivity contribution in [3.63, 3.8) is 0 Å². The summed E-state index contributed by atoms with van der Waals surface area (Å²) < 4.78 is 14.2. The van der Waals surface area contributed by atoms with Gasteiger partial charge in [0.2, 0.25) is 5.91 Å². The molecule has 1 amide bonds. The molecule has 0 radical (unpaired) electrons. The first-order valence-corrected chi connectivity index (χ1v) is 9.89. The zero-order chi connectivity index (χ0) is 21.1. The summed E-state index contributed by atoms with van der Waals surface area (Å²) >= 11 is 0. The highest BCUT2D eigenvalue weighted by atomic mass is 19.1. The second-order valence-electron chi connectivity index (χ2n) is 7.72. The highest BCUT2D eigenvalue weighted by molar-refractivity contribution is 6.00. The number of amides is 1. The van der Waals surface area contributed by atoms with Gasteiger partial charge in [-0.05, 0) is 38.6 Å². The van der Waals surface area contributed by atoms with E-state index < -0.39 is 5.67 Å². The molecule has 30 heavy (non-hydrogen) atoms. The van der Waals surface area contributed by atoms with Gasteiger partial charge in [-0.1, -0.05) is 0 Å². The lowest BCUT2D eigenvalue weighted by Gasteiger charge is -2.35. The van der Waals surface area contributed by atoms with E-state index in [2.05, 4.69) is 42.6 Å². The molecular weight excluding hydrogens is 385 g/mol. The molecule has 0 aromatic carbocycles. The van der Waals surface area contributed by atoms with Crippen LogP contribution in [0.5, 0.6) is 0 Å². The second kappa shape index (κ2) is 8.27. The van der Waals surface area contributed by atoms with Gasteiger partial charge < -0.3 is 16.0 Å². The molecule has 2 aromatic heterocycles. The van der Waals surface area contributed by atoms with Crippen molar-refractivity contribution in [2.75, 3.05) is 25.0 Å². The van der Waals surface area contributed by atoms with Crippen LogP contribution in [0.1, 0.15) is 25.5 Å². The number of hydrogen-bond donors (Lipinski definition) is 3. The number of aromatic nitrogens is 2. The first-order chi connectivity index (χ1) is 14.5. The Morgan fingerprint density at radius 2 is 2.23 bits per heavy atom. The minimum absolute atomic E-state index is 0.000762. The fourth-order valence-corrected chi connectivity index (χ4v) is 3.07. The van der Waals surface area contributed by atoms with Gasteiger partial charge in [-0.15, -0.1) is 0 Å². The maximum absolute atomic E-state index is 14.2. The van der Waals surface area contributed by atoms with Crippen LogP contribution in [0.2, 0.25) is 0 Å². The number of hydrogen-bond acceptors (Lipinski definition) is 7. The Hall–Kier alpha value is -3.20. The number of nitrogens with zero attached hydrogens (tertiary/aromatic N) is 4. The van der Waals surface area contributed by atoms with E-state index >= 15 is 0 Å². The highest BCUT2D eigenvalue weighted by Gasteiger charge is 2.36. The Bertz CT molecular complexity index is 1040. The molecule has 0 atom stereocenters. The first kappa shape index (κ1) is 20.1. The summed E-state index contributed by atoms with van der Waals surface area (Å²) in [6.45, 7) is 6.04. The number of carbonyl (C=O) groups is 1. The maximum atomic E-state index is 14.2. The predicted molar refractivity (Wildman–Crippen MR) is 115 cm³/mol. The number of nitrogens with one attached hydrogen (secondary N) is 3. The van der Waals surface area contributed by atoms with Crippen LogP contribution in [0, 0.1) is 5.92 Å². The lowest BCUT2D eigenvalue weighted by molar-refractivity contribution is -0.117. The second-order valence-corrected chi connectivity index (χ2v) is 7.72. The minimum Gasteiger partial charge on any atom is -0.365 e. The van der Waals surface area contributed by atoms with Gasteiger partial charge in [-0.2, -0.15) is 0 Å². The van der Waals surface area contributed by atoms with Crippen molar-refractivity contribution in [1.29, 1.82) is 0 Å². The van der Waals surface area contributed by atoms with Gasteiger partial charge in [0, 0.05) is 36.7 Å². The smallest absolute Gasteiger partial charge is 0.228 e. The van der Waals surface area contributed by atoms with Crippen LogP contribution in [0.15, 0.2) is 46.4 Å². The lowest BCUT2D eigenvalue weighted by Crippen LogP contribution is -2.60. The molecule has 0 unspecified atom stereocenters. The lowest BCUT2D eigenvalue weighted by atomic mass is 10.00. The number of rotatable bonds is 8. The summed E-state index contributed by atoms with van der Waals surface area (Å²) in [5.74, 6) is 1.01. The quantitative estimate of drug-likeness (QED) is 0.580. The summed E-state index contributed by atoms with van der Waals surface area (Å²) in [6.07, 6.45) is 5.00. The number of fused-ring (bicyclic) bond motifs is 1. The molecule has 4 rings (SSSR count). The first-order valence-electron chi connectivity index (χ1n) is 9.89. The predicted octanol–water partition coefficient (Wildman–Crippen LogP) is 2.19. The topological polar surface area (TPSA) is 104 Å². The molecule has 9 heteroatoms. The summed E-state index contributed by atoms with van der Waals surface area (Å²) in [6, 6.07) is 5.50. The number of anilines is 1. The Kier molecular flexibility index (Phi) is 5.54. The molecule has 2 aliphatic rings. The van der Waals surface area contributed by atoms with Gasteiger partial charge in [-0.3, -0.25) is 9.79 Å². The average Bonchev–Trinajstić information content (AvgIpc) is 3.55. The molecule has 1 aliphatic carbocycles. The fourth-order valence-electron chi connectivity index (χ4n) is 3.07. The molecule has 3 heterocycles. The monoisotopic (exact) mass is 409 g/mol. The molecule has 0 bridgehead atoms. The third-order valence-corrected chi connectivity index (χ3v) is 5.12. The van der Waals surface area contributed by atoms with E-state index in [4.69, 9.17) is 0 Å². The van der Waals surface area contributed by atoms with Crippen LogP contribution in [-0.4, -0.2) is 53.6 Å². The third kappa shape index (κ3) is 4.68. The van der Waals surface area contributed by atoms with Gasteiger partial charge >= 0.3 is 0 Å². The van der Waals surface area contributed by atoms with Crippen molar-refractivity contribution in [3.8, 4) is 0 Å². The van der Waals surface area contributed by atoms with Crippen LogP contribution in [0.25, 0.3) is 10.9 Å². The number of aliphatic imine (C=N–C) groups is 2. The van der Waals surface area contributed by atoms with Gasteiger partial charge in [-0.25, -0.2) is 19.4 Å². The van der Waals surface area contributed by atoms with E-state index in [9.17, 15) is 9.18 Å². The minimum atomic E-state index is -1.28. The standard InChI is InChI=1S/C21H24FN7O/c1-13(27-19(9-23-2)26-12-21(22)10-24-11-21)16-6-5-15-8-25-18(7-17(15)28-16)29-20(30)14-3-4-14/h5-9,14,24,26H,2-4,10-12H2,1H3,(H,25,29,30)/b19-9-,27-13+. The van der Waals surface area contributed by atoms with Crippen LogP contribution in [0.4, 0.5) is 10.2 Å². The van der Waals surface area contributed by atoms with E-state index in [0.29, 0.717) is 41.7 Å². The molecule has 1 aliphatic heterocycles. The molecule has 2 aromatic rings. The van der Waals surface area contributed by atoms with E-state index in [1.54, 1.807) is 12.3 Å². The normalized spacial score (nSPS) is 18.6. The van der Waals surface area contributed by atoms with Crippen LogP contribution < -0.4 is 16.0 Å². The summed E-state index contributed by atoms with van der Waals surface area (Å²) in [7, 11) is 0. The number of alkyl halides is 1. The zero-order valence-electron chi connectivity index (χ0n) is 16.8. The number of carbonyl (C=O) groups excluding carboxylic acids is 1. The summed E-state index contributed by atoms with van der Waals surface area (Å²) in [4.78, 5) is 29.2. The van der Waals surface area contributed by atoms with Crippen molar-refractivity contribution in [3.05, 3.63) is 42.1 Å². The summed E-state index contributed by atoms with van der Waals surface area (Å²) in [5, 5.41) is 9.60. The molecule has 2 fully saturated rings. The van der Waals surface area contributed by atoms with Crippen LogP contribution in [0.3, 0.4) is 0 Å². The largest absolute Gasteiger partial charge is 0.365 e. The van der Waals surface area contributed by atoms with E-state index in [1.807, 2.05) is 19.1 Å². The Morgan fingerprint density at radius 3 is 2.90 bits per heavy atom. The van der Waals surface area contributed by atoms with Crippen molar-refractivity contribution in [2.24, 2.45) is 15.9 Å². The van der Waals surface area contributed by atoms with Gasteiger partial charge in [0.1, 0.15) is 11.6 Å². The average molecular weight is 409 g/mol. The molecule has 8 nitrogen and oxygen atoms in total. The number of halogens is 1. The number of pyridine rings is 2. The molecule has 156 valence electrons. The van der Waals surface area contributed by atoms with Gasteiger partial charge in [0.25, 0.3) is 0 Å². The molecular formula is C21H24FN7O. The van der Waals surface area contributed by atoms with Crippen LogP contribution >= 0.6 is 0 Å². The molecule has 3 N–H and O–H groups in total. The Labute approximate surface area is 173 Å². The zero-order valence-corrected chi connectivity index (χ0v) is 16.8. The summed E-state index contributed by atoms with van der Waals surface area (Å²) in [5.41, 5.74) is 0.718. The van der Waals surface area contributed by atoms with E-state index in [0.717, 1.165) is 18.2 Å². The van der Waals surface area contributed by atoms with Crippen molar-refractivity contribution < 1.29 is 9.18 Å². The van der Waals surface area contributed by atoms with Crippen molar-refractivity contribution in [1.82, 2.24) is 20.6 Å². The molecule has 0 spiro atoms. The van der Waals surface area contributed by atoms with Gasteiger partial charge in [0.05, 0.1) is 29.7 Å². The van der Waals surface area contributed by atoms with Crippen LogP contribution in [-0.2, 0) is 4.79 Å². The van der Waals surface area contributed by atoms with Crippen molar-refractivity contribution in [2.45, 2.75) is 25.4 Å². The van der Waals surface area contributed by atoms with Gasteiger partial charge in [0.15, 0.2) is 5.67 Å².